The molecule has 9 aromatic rings. The summed E-state index contributed by atoms with van der Waals surface area (Å²) >= 11 is 0. The molecule has 314 valence electrons. The standard InChI is InChI=1S/C54H40N2O8/c55-41-15-1-3-17-43(41)61-49-23-9-5-19-45(49)57-37-29-33-39(34-30-37)59-47-21-7-11-25-51(47)63-53-27-13-14-28-54(53)64-52-26-12-8-22-48(52)60-40-35-31-38(32-36-40)58-46-20-6-10-24-50(46)62-44-18-4-2-16-42(44)56/h1-36H,55-56H2. The van der Waals surface area contributed by atoms with E-state index in [0.29, 0.717) is 103 Å². The summed E-state index contributed by atoms with van der Waals surface area (Å²) in [6, 6.07) is 66.2. The van der Waals surface area contributed by atoms with Crippen molar-refractivity contribution in [2.75, 3.05) is 11.5 Å². The number of hydrogen-bond donors (Lipinski definition) is 2. The van der Waals surface area contributed by atoms with Crippen LogP contribution in [0.15, 0.2) is 218 Å². The molecule has 0 aromatic heterocycles. The maximum absolute atomic E-state index is 6.46. The predicted octanol–water partition coefficient (Wildman–Crippen LogP) is 15.2. The molecule has 0 atom stereocenters. The quantitative estimate of drug-likeness (QED) is 0.0908. The number of ether oxygens (including phenoxy) is 8. The first-order valence-electron chi connectivity index (χ1n) is 20.3. The van der Waals surface area contributed by atoms with Gasteiger partial charge in [-0.25, -0.2) is 0 Å². The van der Waals surface area contributed by atoms with Crippen LogP contribution in [0.25, 0.3) is 0 Å². The average Bonchev–Trinajstić information content (AvgIpc) is 3.32. The van der Waals surface area contributed by atoms with Crippen LogP contribution in [0.3, 0.4) is 0 Å². The highest BCUT2D eigenvalue weighted by molar-refractivity contribution is 5.58. The van der Waals surface area contributed by atoms with Crippen LogP contribution in [0.2, 0.25) is 0 Å². The van der Waals surface area contributed by atoms with Crippen LogP contribution >= 0.6 is 0 Å². The third-order valence-corrected chi connectivity index (χ3v) is 9.52. The predicted molar refractivity (Wildman–Crippen MR) is 247 cm³/mol. The van der Waals surface area contributed by atoms with E-state index in [1.807, 2.05) is 206 Å². The molecule has 10 heteroatoms. The van der Waals surface area contributed by atoms with Crippen molar-refractivity contribution in [2.45, 2.75) is 0 Å². The van der Waals surface area contributed by atoms with Crippen LogP contribution < -0.4 is 49.4 Å². The smallest absolute Gasteiger partial charge is 0.170 e. The van der Waals surface area contributed by atoms with E-state index in [1.165, 1.54) is 0 Å². The number of rotatable bonds is 16. The van der Waals surface area contributed by atoms with Gasteiger partial charge in [-0.2, -0.15) is 0 Å². The van der Waals surface area contributed by atoms with Gasteiger partial charge >= 0.3 is 0 Å². The maximum atomic E-state index is 6.46. The fourth-order valence-electron chi connectivity index (χ4n) is 6.37. The number of para-hydroxylation sites is 14. The van der Waals surface area contributed by atoms with Gasteiger partial charge in [0, 0.05) is 0 Å². The molecule has 0 radical (unpaired) electrons. The van der Waals surface area contributed by atoms with Gasteiger partial charge in [-0.05, 0) is 133 Å². The van der Waals surface area contributed by atoms with Crippen LogP contribution in [0, 0.1) is 0 Å². The minimum Gasteiger partial charge on any atom is -0.453 e. The highest BCUT2D eigenvalue weighted by atomic mass is 16.6. The number of anilines is 2. The van der Waals surface area contributed by atoms with E-state index in [0.717, 1.165) is 0 Å². The SMILES string of the molecule is Nc1ccccc1Oc1ccccc1Oc1ccc(Oc2ccccc2Oc2ccccc2Oc2ccccc2Oc2ccc(Oc3ccccc3Oc3ccccc3N)cc2)cc1. The van der Waals surface area contributed by atoms with Gasteiger partial charge in [0.05, 0.1) is 11.4 Å². The summed E-state index contributed by atoms with van der Waals surface area (Å²) in [5.41, 5.74) is 13.3. The van der Waals surface area contributed by atoms with Crippen LogP contribution in [-0.2, 0) is 0 Å². The molecule has 10 nitrogen and oxygen atoms in total. The zero-order valence-electron chi connectivity index (χ0n) is 34.2. The Balaban J connectivity index is 0.853. The van der Waals surface area contributed by atoms with E-state index in [4.69, 9.17) is 49.4 Å². The van der Waals surface area contributed by atoms with Crippen molar-refractivity contribution in [3.8, 4) is 92.0 Å². The van der Waals surface area contributed by atoms with Gasteiger partial charge < -0.3 is 49.4 Å². The molecule has 0 saturated carbocycles. The van der Waals surface area contributed by atoms with Crippen molar-refractivity contribution in [1.82, 2.24) is 0 Å². The molecule has 64 heavy (non-hydrogen) atoms. The lowest BCUT2D eigenvalue weighted by Gasteiger charge is -2.17. The molecule has 0 aliphatic heterocycles. The minimum atomic E-state index is 0.468. The van der Waals surface area contributed by atoms with E-state index in [1.54, 1.807) is 12.1 Å². The van der Waals surface area contributed by atoms with Gasteiger partial charge in [-0.3, -0.25) is 0 Å². The maximum Gasteiger partial charge on any atom is 0.170 e. The monoisotopic (exact) mass is 844 g/mol. The first-order chi connectivity index (χ1) is 31.5. The summed E-state index contributed by atoms with van der Waals surface area (Å²) in [4.78, 5) is 0. The van der Waals surface area contributed by atoms with Crippen molar-refractivity contribution < 1.29 is 37.9 Å². The summed E-state index contributed by atoms with van der Waals surface area (Å²) in [5, 5.41) is 0. The molecule has 0 fully saturated rings. The molecule has 0 bridgehead atoms. The third-order valence-electron chi connectivity index (χ3n) is 9.52. The fraction of sp³-hybridized carbons (Fsp3) is 0. The summed E-state index contributed by atoms with van der Waals surface area (Å²) in [7, 11) is 0. The first-order valence-corrected chi connectivity index (χ1v) is 20.3. The lowest BCUT2D eigenvalue weighted by molar-refractivity contribution is 0.381. The molecule has 0 heterocycles. The Hall–Kier alpha value is -9.02. The Morgan fingerprint density at radius 2 is 0.328 bits per heavy atom. The van der Waals surface area contributed by atoms with Gasteiger partial charge in [0.2, 0.25) is 0 Å². The number of nitrogen functional groups attached to an aromatic ring is 2. The van der Waals surface area contributed by atoms with Crippen LogP contribution in [0.4, 0.5) is 11.4 Å². The molecule has 9 aromatic carbocycles. The van der Waals surface area contributed by atoms with Crippen molar-refractivity contribution in [2.24, 2.45) is 0 Å². The molecule has 4 N–H and O–H groups in total. The Labute approximate surface area is 369 Å². The minimum absolute atomic E-state index is 0.468. The summed E-state index contributed by atoms with van der Waals surface area (Å²) in [5.74, 6) is 8.46. The summed E-state index contributed by atoms with van der Waals surface area (Å²) < 4.78 is 50.1. The Morgan fingerprint density at radius 1 is 0.172 bits per heavy atom. The zero-order chi connectivity index (χ0) is 43.5. The summed E-state index contributed by atoms with van der Waals surface area (Å²) in [6.07, 6.45) is 0. The van der Waals surface area contributed by atoms with Crippen molar-refractivity contribution >= 4 is 11.4 Å². The summed E-state index contributed by atoms with van der Waals surface area (Å²) in [6.45, 7) is 0. The zero-order valence-corrected chi connectivity index (χ0v) is 34.2. The Kier molecular flexibility index (Phi) is 12.1. The average molecular weight is 845 g/mol. The lowest BCUT2D eigenvalue weighted by atomic mass is 10.2. The van der Waals surface area contributed by atoms with Crippen molar-refractivity contribution in [3.05, 3.63) is 218 Å². The van der Waals surface area contributed by atoms with E-state index in [-0.39, 0.29) is 0 Å². The second-order valence-corrected chi connectivity index (χ2v) is 14.1. The van der Waals surface area contributed by atoms with E-state index in [2.05, 4.69) is 0 Å². The molecule has 0 saturated heterocycles. The van der Waals surface area contributed by atoms with Gasteiger partial charge in [0.1, 0.15) is 23.0 Å². The van der Waals surface area contributed by atoms with Crippen LogP contribution in [0.5, 0.6) is 92.0 Å². The van der Waals surface area contributed by atoms with Gasteiger partial charge in [-0.15, -0.1) is 0 Å². The largest absolute Gasteiger partial charge is 0.453 e. The number of nitrogens with two attached hydrogens (primary N) is 2. The third kappa shape index (κ3) is 9.94. The Morgan fingerprint density at radius 3 is 0.531 bits per heavy atom. The number of hydrogen-bond acceptors (Lipinski definition) is 10. The molecule has 9 rings (SSSR count). The number of benzene rings is 9. The van der Waals surface area contributed by atoms with Crippen molar-refractivity contribution in [3.63, 3.8) is 0 Å². The first kappa shape index (κ1) is 40.4. The fourth-order valence-corrected chi connectivity index (χ4v) is 6.37. The second kappa shape index (κ2) is 19.1. The van der Waals surface area contributed by atoms with Gasteiger partial charge in [0.15, 0.2) is 69.0 Å². The lowest BCUT2D eigenvalue weighted by Crippen LogP contribution is -1.95. The van der Waals surface area contributed by atoms with Gasteiger partial charge in [-0.1, -0.05) is 84.9 Å². The van der Waals surface area contributed by atoms with Crippen molar-refractivity contribution in [1.29, 1.82) is 0 Å². The Bertz CT molecular complexity index is 2790. The van der Waals surface area contributed by atoms with E-state index < -0.39 is 0 Å². The van der Waals surface area contributed by atoms with E-state index in [9.17, 15) is 0 Å². The van der Waals surface area contributed by atoms with Crippen LogP contribution in [-0.4, -0.2) is 0 Å². The van der Waals surface area contributed by atoms with Gasteiger partial charge in [0.25, 0.3) is 0 Å². The highest BCUT2D eigenvalue weighted by Crippen LogP contribution is 2.43. The highest BCUT2D eigenvalue weighted by Gasteiger charge is 2.16. The molecule has 0 amide bonds. The molecule has 0 aliphatic rings. The molecule has 0 unspecified atom stereocenters. The molecular weight excluding hydrogens is 805 g/mol. The van der Waals surface area contributed by atoms with Crippen LogP contribution in [0.1, 0.15) is 0 Å². The molecular formula is C54H40N2O8. The molecule has 0 aliphatic carbocycles. The second-order valence-electron chi connectivity index (χ2n) is 14.1. The topological polar surface area (TPSA) is 126 Å². The molecule has 0 spiro atoms. The normalized spacial score (nSPS) is 10.6. The van der Waals surface area contributed by atoms with E-state index >= 15 is 0 Å².